The van der Waals surface area contributed by atoms with Crippen LogP contribution in [0, 0.1) is 0 Å². The summed E-state index contributed by atoms with van der Waals surface area (Å²) in [4.78, 5) is 2.28. The van der Waals surface area contributed by atoms with Crippen molar-refractivity contribution in [1.29, 1.82) is 0 Å². The smallest absolute Gasteiger partial charge is 0.115 e. The lowest BCUT2D eigenvalue weighted by atomic mass is 9.88. The Hall–Kier alpha value is -0.150. The first-order valence-electron chi connectivity index (χ1n) is 5.11. The van der Waals surface area contributed by atoms with Crippen LogP contribution in [0.1, 0.15) is 26.2 Å². The van der Waals surface area contributed by atoms with Gasteiger partial charge in [-0.25, -0.2) is 4.39 Å². The number of alkyl halides is 1. The van der Waals surface area contributed by atoms with Crippen LogP contribution in [0.3, 0.4) is 0 Å². The fraction of sp³-hybridized carbons (Fsp3) is 1.00. The summed E-state index contributed by atoms with van der Waals surface area (Å²) in [6.45, 7) is 3.73. The maximum atomic E-state index is 13.3. The molecule has 2 aliphatic heterocycles. The van der Waals surface area contributed by atoms with Gasteiger partial charge in [-0.2, -0.15) is 0 Å². The lowest BCUT2D eigenvalue weighted by molar-refractivity contribution is -0.00470. The van der Waals surface area contributed by atoms with Crippen molar-refractivity contribution < 1.29 is 9.13 Å². The molecule has 3 atom stereocenters. The zero-order chi connectivity index (χ0) is 9.47. The van der Waals surface area contributed by atoms with Crippen molar-refractivity contribution in [3.8, 4) is 0 Å². The van der Waals surface area contributed by atoms with Crippen LogP contribution in [0.2, 0.25) is 0 Å². The van der Waals surface area contributed by atoms with Crippen LogP contribution in [0.15, 0.2) is 0 Å². The van der Waals surface area contributed by atoms with E-state index in [4.69, 9.17) is 4.74 Å². The number of halogens is 1. The second kappa shape index (κ2) is 3.21. The summed E-state index contributed by atoms with van der Waals surface area (Å²) in [6, 6.07) is 0. The Morgan fingerprint density at radius 2 is 2.38 bits per heavy atom. The Labute approximate surface area is 79.1 Å². The third-order valence-corrected chi connectivity index (χ3v) is 3.77. The first kappa shape index (κ1) is 9.41. The van der Waals surface area contributed by atoms with Gasteiger partial charge in [0, 0.05) is 25.6 Å². The normalized spacial score (nSPS) is 42.2. The maximum absolute atomic E-state index is 13.3. The number of hydrogen-bond donors (Lipinski definition) is 0. The summed E-state index contributed by atoms with van der Waals surface area (Å²) >= 11 is 0. The average Bonchev–Trinajstić information content (AvgIpc) is 2.59. The van der Waals surface area contributed by atoms with E-state index in [1.807, 2.05) is 0 Å². The second-order valence-electron chi connectivity index (χ2n) is 4.33. The lowest BCUT2D eigenvalue weighted by Gasteiger charge is -2.36. The molecule has 0 aliphatic carbocycles. The van der Waals surface area contributed by atoms with Crippen molar-refractivity contribution in [1.82, 2.24) is 4.90 Å². The predicted octanol–water partition coefficient (Wildman–Crippen LogP) is 1.60. The highest BCUT2D eigenvalue weighted by atomic mass is 19.1. The van der Waals surface area contributed by atoms with Crippen molar-refractivity contribution in [2.24, 2.45) is 0 Å². The molecule has 0 bridgehead atoms. The van der Waals surface area contributed by atoms with Crippen LogP contribution >= 0.6 is 0 Å². The third-order valence-electron chi connectivity index (χ3n) is 3.77. The van der Waals surface area contributed by atoms with Crippen molar-refractivity contribution in [2.75, 3.05) is 20.2 Å². The molecule has 0 aromatic heterocycles. The van der Waals surface area contributed by atoms with E-state index in [0.717, 1.165) is 13.0 Å². The average molecular weight is 187 g/mol. The minimum absolute atomic E-state index is 0.0220. The highest BCUT2D eigenvalue weighted by Crippen LogP contribution is 2.43. The van der Waals surface area contributed by atoms with Crippen molar-refractivity contribution in [2.45, 2.75) is 44.0 Å². The van der Waals surface area contributed by atoms with E-state index in [9.17, 15) is 4.39 Å². The highest BCUT2D eigenvalue weighted by Gasteiger charge is 2.52. The molecule has 2 aliphatic rings. The molecule has 13 heavy (non-hydrogen) atoms. The van der Waals surface area contributed by atoms with Gasteiger partial charge < -0.3 is 4.74 Å². The highest BCUT2D eigenvalue weighted by molar-refractivity contribution is 5.06. The van der Waals surface area contributed by atoms with E-state index in [2.05, 4.69) is 11.8 Å². The van der Waals surface area contributed by atoms with Gasteiger partial charge in [0.15, 0.2) is 0 Å². The van der Waals surface area contributed by atoms with Gasteiger partial charge in [-0.05, 0) is 26.3 Å². The van der Waals surface area contributed by atoms with E-state index in [0.29, 0.717) is 13.0 Å². The standard InChI is InChI=1S/C10H18FNO/c1-8(13-2)10-4-3-5-12(10)7-9(11)6-10/h8-9H,3-7H2,1-2H3/t8?,9-,10+/m1/s1. The van der Waals surface area contributed by atoms with Gasteiger partial charge in [0.1, 0.15) is 6.17 Å². The molecule has 0 aromatic carbocycles. The van der Waals surface area contributed by atoms with Crippen LogP contribution in [-0.2, 0) is 4.74 Å². The molecule has 2 heterocycles. The summed E-state index contributed by atoms with van der Waals surface area (Å²) in [5.41, 5.74) is 0.0220. The summed E-state index contributed by atoms with van der Waals surface area (Å²) in [7, 11) is 1.72. The minimum atomic E-state index is -0.641. The van der Waals surface area contributed by atoms with Crippen LogP contribution in [0.25, 0.3) is 0 Å². The maximum Gasteiger partial charge on any atom is 0.115 e. The number of methoxy groups -OCH3 is 1. The molecule has 0 radical (unpaired) electrons. The van der Waals surface area contributed by atoms with Gasteiger partial charge in [0.05, 0.1) is 6.10 Å². The largest absolute Gasteiger partial charge is 0.380 e. The van der Waals surface area contributed by atoms with Crippen LogP contribution in [0.5, 0.6) is 0 Å². The molecule has 0 spiro atoms. The molecule has 2 fully saturated rings. The lowest BCUT2D eigenvalue weighted by Crippen LogP contribution is -2.48. The molecular formula is C10H18FNO. The summed E-state index contributed by atoms with van der Waals surface area (Å²) in [6.07, 6.45) is 2.49. The first-order valence-corrected chi connectivity index (χ1v) is 5.11. The molecule has 2 rings (SSSR count). The molecule has 2 nitrogen and oxygen atoms in total. The topological polar surface area (TPSA) is 12.5 Å². The van der Waals surface area contributed by atoms with Crippen molar-refractivity contribution in [3.63, 3.8) is 0 Å². The first-order chi connectivity index (χ1) is 6.19. The predicted molar refractivity (Wildman–Crippen MR) is 49.5 cm³/mol. The third kappa shape index (κ3) is 1.29. The second-order valence-corrected chi connectivity index (χ2v) is 4.33. The Balaban J connectivity index is 2.18. The van der Waals surface area contributed by atoms with Crippen LogP contribution in [0.4, 0.5) is 4.39 Å². The fourth-order valence-electron chi connectivity index (χ4n) is 2.99. The van der Waals surface area contributed by atoms with E-state index in [-0.39, 0.29) is 11.6 Å². The minimum Gasteiger partial charge on any atom is -0.380 e. The fourth-order valence-corrected chi connectivity index (χ4v) is 2.99. The molecule has 1 unspecified atom stereocenters. The molecule has 76 valence electrons. The van der Waals surface area contributed by atoms with Gasteiger partial charge in [-0.3, -0.25) is 4.90 Å². The molecule has 0 aromatic rings. The number of hydrogen-bond acceptors (Lipinski definition) is 2. The Morgan fingerprint density at radius 1 is 1.62 bits per heavy atom. The molecule has 2 saturated heterocycles. The van der Waals surface area contributed by atoms with Crippen molar-refractivity contribution in [3.05, 3.63) is 0 Å². The van der Waals surface area contributed by atoms with Gasteiger partial charge in [0.2, 0.25) is 0 Å². The van der Waals surface area contributed by atoms with E-state index in [1.165, 1.54) is 6.42 Å². The summed E-state index contributed by atoms with van der Waals surface area (Å²) in [5, 5.41) is 0. The van der Waals surface area contributed by atoms with Crippen LogP contribution < -0.4 is 0 Å². The Morgan fingerprint density at radius 3 is 3.08 bits per heavy atom. The molecule has 0 saturated carbocycles. The molecule has 0 amide bonds. The molecular weight excluding hydrogens is 169 g/mol. The van der Waals surface area contributed by atoms with Gasteiger partial charge >= 0.3 is 0 Å². The quantitative estimate of drug-likeness (QED) is 0.651. The Kier molecular flexibility index (Phi) is 2.32. The number of fused-ring (bicyclic) bond motifs is 1. The van der Waals surface area contributed by atoms with E-state index in [1.54, 1.807) is 7.11 Å². The van der Waals surface area contributed by atoms with Crippen LogP contribution in [-0.4, -0.2) is 42.9 Å². The summed E-state index contributed by atoms with van der Waals surface area (Å²) < 4.78 is 18.7. The van der Waals surface area contributed by atoms with Gasteiger partial charge in [-0.1, -0.05) is 0 Å². The molecule has 0 N–H and O–H groups in total. The summed E-state index contributed by atoms with van der Waals surface area (Å²) in [5.74, 6) is 0. The number of rotatable bonds is 2. The molecule has 3 heteroatoms. The van der Waals surface area contributed by atoms with E-state index >= 15 is 0 Å². The van der Waals surface area contributed by atoms with Crippen molar-refractivity contribution >= 4 is 0 Å². The van der Waals surface area contributed by atoms with E-state index < -0.39 is 6.17 Å². The zero-order valence-corrected chi connectivity index (χ0v) is 8.42. The SMILES string of the molecule is COC(C)[C@@]12CCCN1C[C@H](F)C2. The number of nitrogens with zero attached hydrogens (tertiary/aromatic N) is 1. The number of ether oxygens (including phenoxy) is 1. The monoisotopic (exact) mass is 187 g/mol. The van der Waals surface area contributed by atoms with Gasteiger partial charge in [-0.15, -0.1) is 0 Å². The van der Waals surface area contributed by atoms with Gasteiger partial charge in [0.25, 0.3) is 0 Å². The Bertz CT molecular complexity index is 199. The zero-order valence-electron chi connectivity index (χ0n) is 8.42.